The summed E-state index contributed by atoms with van der Waals surface area (Å²) >= 11 is 0. The van der Waals surface area contributed by atoms with Crippen LogP contribution in [0.4, 0.5) is 5.69 Å². The first-order valence-corrected chi connectivity index (χ1v) is 14.3. The molecule has 1 saturated heterocycles. The Bertz CT molecular complexity index is 1320. The van der Waals surface area contributed by atoms with Gasteiger partial charge in [-0.1, -0.05) is 43.7 Å². The van der Waals surface area contributed by atoms with E-state index in [1.807, 2.05) is 12.1 Å². The van der Waals surface area contributed by atoms with Crippen molar-refractivity contribution < 1.29 is 14.6 Å². The fourth-order valence-electron chi connectivity index (χ4n) is 5.89. The van der Waals surface area contributed by atoms with Gasteiger partial charge < -0.3 is 19.5 Å². The van der Waals surface area contributed by atoms with E-state index < -0.39 is 0 Å². The van der Waals surface area contributed by atoms with Gasteiger partial charge in [-0.25, -0.2) is 0 Å². The summed E-state index contributed by atoms with van der Waals surface area (Å²) < 4.78 is 11.9. The van der Waals surface area contributed by atoms with Crippen molar-refractivity contribution in [3.63, 3.8) is 0 Å². The van der Waals surface area contributed by atoms with Gasteiger partial charge in [-0.05, 0) is 84.7 Å². The van der Waals surface area contributed by atoms with Crippen molar-refractivity contribution in [3.8, 4) is 17.2 Å². The second-order valence-corrected chi connectivity index (χ2v) is 11.4. The molecular formula is C34H42N2O3. The number of nitrogens with zero attached hydrogens (tertiary/aromatic N) is 2. The summed E-state index contributed by atoms with van der Waals surface area (Å²) in [5.41, 5.74) is 9.19. The van der Waals surface area contributed by atoms with Crippen LogP contribution >= 0.6 is 0 Å². The Balaban J connectivity index is 1.19. The summed E-state index contributed by atoms with van der Waals surface area (Å²) in [5, 5.41) is 9.82. The Morgan fingerprint density at radius 3 is 2.49 bits per heavy atom. The van der Waals surface area contributed by atoms with Crippen molar-refractivity contribution in [1.29, 1.82) is 0 Å². The highest BCUT2D eigenvalue weighted by Crippen LogP contribution is 2.34. The summed E-state index contributed by atoms with van der Waals surface area (Å²) in [6.45, 7) is 12.3. The molecule has 3 aromatic rings. The van der Waals surface area contributed by atoms with Gasteiger partial charge in [-0.2, -0.15) is 0 Å². The molecule has 0 atom stereocenters. The molecule has 1 fully saturated rings. The highest BCUT2D eigenvalue weighted by Gasteiger charge is 2.22. The minimum absolute atomic E-state index is 0.334. The third-order valence-corrected chi connectivity index (χ3v) is 8.08. The minimum Gasteiger partial charge on any atom is -0.508 e. The molecule has 0 radical (unpaired) electrons. The molecule has 5 nitrogen and oxygen atoms in total. The Labute approximate surface area is 233 Å². The Hall–Kier alpha value is -3.44. The number of hydrogen-bond acceptors (Lipinski definition) is 5. The van der Waals surface area contributed by atoms with Crippen molar-refractivity contribution in [1.82, 2.24) is 4.90 Å². The van der Waals surface area contributed by atoms with Crippen LogP contribution in [0.1, 0.15) is 49.4 Å². The second kappa shape index (κ2) is 12.2. The van der Waals surface area contributed by atoms with Crippen LogP contribution in [0.3, 0.4) is 0 Å². The van der Waals surface area contributed by atoms with E-state index in [1.54, 1.807) is 18.7 Å². The molecule has 0 amide bonds. The largest absolute Gasteiger partial charge is 0.508 e. The molecule has 39 heavy (non-hydrogen) atoms. The van der Waals surface area contributed by atoms with Crippen molar-refractivity contribution in [2.75, 3.05) is 44.7 Å². The molecule has 5 rings (SSSR count). The normalized spacial score (nSPS) is 16.0. The number of ether oxygens (including phenoxy) is 2. The zero-order valence-corrected chi connectivity index (χ0v) is 23.9. The molecule has 1 N–H and O–H groups in total. The summed E-state index contributed by atoms with van der Waals surface area (Å²) in [5.74, 6) is 2.77. The first kappa shape index (κ1) is 27.1. The van der Waals surface area contributed by atoms with Gasteiger partial charge in [0.25, 0.3) is 0 Å². The van der Waals surface area contributed by atoms with Crippen LogP contribution in [-0.2, 0) is 19.4 Å². The molecule has 1 heterocycles. The van der Waals surface area contributed by atoms with Crippen LogP contribution in [0.15, 0.2) is 66.2 Å². The second-order valence-electron chi connectivity index (χ2n) is 11.4. The lowest BCUT2D eigenvalue weighted by Crippen LogP contribution is -2.47. The predicted octanol–water partition coefficient (Wildman–Crippen LogP) is 6.72. The number of hydrogen-bond donors (Lipinski definition) is 1. The van der Waals surface area contributed by atoms with Gasteiger partial charge in [0.05, 0.1) is 7.11 Å². The van der Waals surface area contributed by atoms with Crippen LogP contribution in [0.25, 0.3) is 5.57 Å². The lowest BCUT2D eigenvalue weighted by Gasteiger charge is -2.37. The standard InChI is InChI=1S/C34H42N2O3/c1-24(2)18-26-8-9-29(34(19-26)38-4)23-39-32-12-13-33-25(3)28(11-10-27(33)20-32)22-35-14-16-36(17-15-35)30-6-5-7-31(37)21-30/h5-9,12-13,19-21,24,37H,10-11,14-18,22-23H2,1-4H3. The zero-order valence-electron chi connectivity index (χ0n) is 23.9. The fraction of sp³-hybridized carbons (Fsp3) is 0.412. The number of allylic oxidation sites excluding steroid dienone is 1. The van der Waals surface area contributed by atoms with Crippen molar-refractivity contribution >= 4 is 11.3 Å². The summed E-state index contributed by atoms with van der Waals surface area (Å²) in [7, 11) is 1.73. The van der Waals surface area contributed by atoms with Crippen molar-refractivity contribution in [3.05, 3.63) is 88.5 Å². The molecule has 0 bridgehead atoms. The van der Waals surface area contributed by atoms with E-state index in [0.29, 0.717) is 18.3 Å². The molecule has 0 unspecified atom stereocenters. The predicted molar refractivity (Wildman–Crippen MR) is 160 cm³/mol. The van der Waals surface area contributed by atoms with E-state index in [2.05, 4.69) is 73.0 Å². The number of piperazine rings is 1. The summed E-state index contributed by atoms with van der Waals surface area (Å²) in [6, 6.07) is 20.6. The topological polar surface area (TPSA) is 45.2 Å². The highest BCUT2D eigenvalue weighted by atomic mass is 16.5. The zero-order chi connectivity index (χ0) is 27.4. The average Bonchev–Trinajstić information content (AvgIpc) is 2.94. The number of phenolic OH excluding ortho intramolecular Hbond substituents is 1. The van der Waals surface area contributed by atoms with Crippen LogP contribution in [-0.4, -0.2) is 49.8 Å². The van der Waals surface area contributed by atoms with Gasteiger partial charge in [0.15, 0.2) is 0 Å². The maximum atomic E-state index is 9.82. The van der Waals surface area contributed by atoms with Gasteiger partial charge in [-0.15, -0.1) is 0 Å². The maximum Gasteiger partial charge on any atom is 0.125 e. The number of benzene rings is 3. The summed E-state index contributed by atoms with van der Waals surface area (Å²) in [4.78, 5) is 4.94. The van der Waals surface area contributed by atoms with Gasteiger partial charge in [0, 0.05) is 50.0 Å². The fourth-order valence-corrected chi connectivity index (χ4v) is 5.89. The Kier molecular flexibility index (Phi) is 8.47. The number of fused-ring (bicyclic) bond motifs is 1. The first-order chi connectivity index (χ1) is 18.9. The number of aromatic hydroxyl groups is 1. The molecule has 206 valence electrons. The Morgan fingerprint density at radius 2 is 1.74 bits per heavy atom. The van der Waals surface area contributed by atoms with Crippen LogP contribution in [0.2, 0.25) is 0 Å². The molecule has 0 aromatic heterocycles. The molecular weight excluding hydrogens is 484 g/mol. The number of phenols is 1. The molecule has 1 aliphatic heterocycles. The average molecular weight is 527 g/mol. The number of rotatable bonds is 9. The van der Waals surface area contributed by atoms with E-state index in [9.17, 15) is 5.11 Å². The third-order valence-electron chi connectivity index (χ3n) is 8.08. The lowest BCUT2D eigenvalue weighted by molar-refractivity contribution is 0.276. The van der Waals surface area contributed by atoms with E-state index in [4.69, 9.17) is 9.47 Å². The van der Waals surface area contributed by atoms with E-state index >= 15 is 0 Å². The van der Waals surface area contributed by atoms with E-state index in [-0.39, 0.29) is 0 Å². The third kappa shape index (κ3) is 6.59. The number of aryl methyl sites for hydroxylation is 1. The quantitative estimate of drug-likeness (QED) is 0.335. The van der Waals surface area contributed by atoms with Crippen LogP contribution < -0.4 is 14.4 Å². The van der Waals surface area contributed by atoms with Gasteiger partial charge in [0.2, 0.25) is 0 Å². The highest BCUT2D eigenvalue weighted by molar-refractivity contribution is 5.72. The smallest absolute Gasteiger partial charge is 0.125 e. The lowest BCUT2D eigenvalue weighted by atomic mass is 9.86. The minimum atomic E-state index is 0.334. The molecule has 1 aliphatic carbocycles. The monoisotopic (exact) mass is 526 g/mol. The van der Waals surface area contributed by atoms with Crippen molar-refractivity contribution in [2.45, 2.75) is 46.6 Å². The molecule has 2 aliphatic rings. The van der Waals surface area contributed by atoms with Gasteiger partial charge >= 0.3 is 0 Å². The molecule has 0 saturated carbocycles. The summed E-state index contributed by atoms with van der Waals surface area (Å²) in [6.07, 6.45) is 3.20. The van der Waals surface area contributed by atoms with Crippen molar-refractivity contribution in [2.24, 2.45) is 5.92 Å². The number of methoxy groups -OCH3 is 1. The molecule has 5 heteroatoms. The van der Waals surface area contributed by atoms with Crippen LogP contribution in [0.5, 0.6) is 17.2 Å². The number of anilines is 1. The van der Waals surface area contributed by atoms with E-state index in [1.165, 1.54) is 22.3 Å². The maximum absolute atomic E-state index is 9.82. The van der Waals surface area contributed by atoms with Crippen LogP contribution in [0, 0.1) is 5.92 Å². The van der Waals surface area contributed by atoms with Gasteiger partial charge in [-0.3, -0.25) is 4.90 Å². The van der Waals surface area contributed by atoms with Gasteiger partial charge in [0.1, 0.15) is 23.9 Å². The van der Waals surface area contributed by atoms with E-state index in [0.717, 1.165) is 74.7 Å². The first-order valence-electron chi connectivity index (χ1n) is 14.3. The Morgan fingerprint density at radius 1 is 0.923 bits per heavy atom. The molecule has 0 spiro atoms. The molecule has 3 aromatic carbocycles. The SMILES string of the molecule is COc1cc(CC(C)C)ccc1COc1ccc2c(c1)CCC(CN1CCN(c3cccc(O)c3)CC1)=C2C.